The van der Waals surface area contributed by atoms with Gasteiger partial charge in [-0.15, -0.1) is 0 Å². The van der Waals surface area contributed by atoms with Gasteiger partial charge < -0.3 is 10.2 Å². The highest BCUT2D eigenvalue weighted by molar-refractivity contribution is 5.69. The van der Waals surface area contributed by atoms with Crippen molar-refractivity contribution in [1.29, 1.82) is 0 Å². The molecule has 0 unspecified atom stereocenters. The molecule has 0 rings (SSSR count). The molecule has 0 aromatic rings. The monoisotopic (exact) mass is 609 g/mol. The molecule has 0 aliphatic heterocycles. The predicted molar refractivity (Wildman–Crippen MR) is 190 cm³/mol. The Morgan fingerprint density at radius 3 is 1.12 bits per heavy atom. The van der Waals surface area contributed by atoms with Crippen molar-refractivity contribution in [3.63, 3.8) is 0 Å². The van der Waals surface area contributed by atoms with Crippen LogP contribution < -0.4 is 0 Å². The number of unbranched alkanes of at least 4 members (excludes halogenated alkanes) is 12. The third-order valence-electron chi connectivity index (χ3n) is 10.2. The quantitative estimate of drug-likeness (QED) is 0.0797. The fourth-order valence-corrected chi connectivity index (χ4v) is 8.16. The standard InChI is InChI=1S/C40H80O3/c1-10-11-12-13-14-15-16-17-18-19-20-21-22-23-39(41)37(8)29-35(6)27-33(4)25-31(2)24-32(3)26-34(5)28-36(7)30-38(9)40(42)43/h31-39,41H,10-30H2,1-9H3,(H,42,43)/t31-,32+,33-,34+,35-,36+,37-,38+,39-/m1/s1. The van der Waals surface area contributed by atoms with Crippen molar-refractivity contribution in [3.8, 4) is 0 Å². The third kappa shape index (κ3) is 25.3. The van der Waals surface area contributed by atoms with Crippen molar-refractivity contribution >= 4 is 5.97 Å². The summed E-state index contributed by atoms with van der Waals surface area (Å²) < 4.78 is 0. The minimum atomic E-state index is -0.666. The molecule has 0 spiro atoms. The highest BCUT2D eigenvalue weighted by Gasteiger charge is 2.21. The van der Waals surface area contributed by atoms with Crippen LogP contribution in [-0.2, 0) is 4.79 Å². The van der Waals surface area contributed by atoms with Gasteiger partial charge in [-0.3, -0.25) is 4.79 Å². The highest BCUT2D eigenvalue weighted by atomic mass is 16.4. The summed E-state index contributed by atoms with van der Waals surface area (Å²) in [7, 11) is 0. The second-order valence-corrected chi connectivity index (χ2v) is 16.1. The fourth-order valence-electron chi connectivity index (χ4n) is 8.16. The predicted octanol–water partition coefficient (Wildman–Crippen LogP) is 12.7. The summed E-state index contributed by atoms with van der Waals surface area (Å²) in [6.45, 7) is 20.6. The molecule has 3 nitrogen and oxygen atoms in total. The summed E-state index contributed by atoms with van der Waals surface area (Å²) in [5.41, 5.74) is 0. The van der Waals surface area contributed by atoms with E-state index in [1.807, 2.05) is 6.92 Å². The minimum Gasteiger partial charge on any atom is -0.481 e. The Kier molecular flexibility index (Phi) is 26.3. The molecule has 0 radical (unpaired) electrons. The molecule has 0 aromatic heterocycles. The van der Waals surface area contributed by atoms with Gasteiger partial charge in [0.2, 0.25) is 0 Å². The molecule has 0 saturated heterocycles. The van der Waals surface area contributed by atoms with Gasteiger partial charge in [-0.1, -0.05) is 146 Å². The second kappa shape index (κ2) is 26.6. The molecule has 0 aliphatic rings. The molecule has 0 bridgehead atoms. The molecule has 9 atom stereocenters. The topological polar surface area (TPSA) is 57.5 Å². The molecule has 0 aromatic carbocycles. The summed E-state index contributed by atoms with van der Waals surface area (Å²) in [6, 6.07) is 0. The Bertz CT molecular complexity index is 633. The van der Waals surface area contributed by atoms with E-state index in [0.717, 1.165) is 43.4 Å². The van der Waals surface area contributed by atoms with Gasteiger partial charge in [-0.25, -0.2) is 0 Å². The van der Waals surface area contributed by atoms with Gasteiger partial charge in [-0.2, -0.15) is 0 Å². The number of hydrogen-bond donors (Lipinski definition) is 2. The van der Waals surface area contributed by atoms with Crippen molar-refractivity contribution in [2.24, 2.45) is 47.3 Å². The van der Waals surface area contributed by atoms with Crippen LogP contribution in [0.3, 0.4) is 0 Å². The van der Waals surface area contributed by atoms with E-state index >= 15 is 0 Å². The lowest BCUT2D eigenvalue weighted by Crippen LogP contribution is -2.21. The summed E-state index contributed by atoms with van der Waals surface area (Å²) in [6.07, 6.45) is 26.9. The van der Waals surface area contributed by atoms with E-state index < -0.39 is 5.97 Å². The van der Waals surface area contributed by atoms with Crippen molar-refractivity contribution in [2.75, 3.05) is 0 Å². The van der Waals surface area contributed by atoms with Crippen LogP contribution in [0, 0.1) is 47.3 Å². The Labute approximate surface area is 271 Å². The number of carboxylic acids is 1. The van der Waals surface area contributed by atoms with Crippen molar-refractivity contribution in [1.82, 2.24) is 0 Å². The Morgan fingerprint density at radius 2 is 0.767 bits per heavy atom. The number of aliphatic carboxylic acids is 1. The molecule has 0 fully saturated rings. The van der Waals surface area contributed by atoms with E-state index in [2.05, 4.69) is 55.4 Å². The van der Waals surface area contributed by atoms with Gasteiger partial charge in [0.25, 0.3) is 0 Å². The van der Waals surface area contributed by atoms with Crippen LogP contribution in [0.15, 0.2) is 0 Å². The van der Waals surface area contributed by atoms with E-state index in [-0.39, 0.29) is 12.0 Å². The lowest BCUT2D eigenvalue weighted by molar-refractivity contribution is -0.141. The Hall–Kier alpha value is -0.570. The lowest BCUT2D eigenvalue weighted by atomic mass is 9.80. The first kappa shape index (κ1) is 42.4. The molecule has 0 saturated carbocycles. The average molecular weight is 609 g/mol. The van der Waals surface area contributed by atoms with Crippen molar-refractivity contribution in [3.05, 3.63) is 0 Å². The van der Waals surface area contributed by atoms with Crippen LogP contribution in [0.1, 0.15) is 197 Å². The van der Waals surface area contributed by atoms with Crippen molar-refractivity contribution < 1.29 is 15.0 Å². The molecular formula is C40H80O3. The highest BCUT2D eigenvalue weighted by Crippen LogP contribution is 2.31. The van der Waals surface area contributed by atoms with Gasteiger partial charge in [0, 0.05) is 0 Å². The van der Waals surface area contributed by atoms with E-state index in [0.29, 0.717) is 23.7 Å². The zero-order valence-corrected chi connectivity index (χ0v) is 30.8. The first-order valence-corrected chi connectivity index (χ1v) is 19.3. The molecule has 0 amide bonds. The number of aliphatic hydroxyl groups is 1. The number of hydrogen-bond acceptors (Lipinski definition) is 2. The smallest absolute Gasteiger partial charge is 0.306 e. The largest absolute Gasteiger partial charge is 0.481 e. The van der Waals surface area contributed by atoms with Crippen molar-refractivity contribution in [2.45, 2.75) is 203 Å². The SMILES string of the molecule is CCCCCCCCCCCCCCC[C@@H](O)[C@H](C)C[C@H](C)C[C@H](C)C[C@H](C)C[C@H](C)C[C@H](C)C[C@H](C)C[C@H](C)C(=O)O. The lowest BCUT2D eigenvalue weighted by Gasteiger charge is -2.27. The average Bonchev–Trinajstić information content (AvgIpc) is 2.90. The van der Waals surface area contributed by atoms with Crippen LogP contribution in [0.2, 0.25) is 0 Å². The van der Waals surface area contributed by atoms with E-state index in [9.17, 15) is 15.0 Å². The van der Waals surface area contributed by atoms with E-state index in [1.165, 1.54) is 109 Å². The fraction of sp³-hybridized carbons (Fsp3) is 0.975. The number of aliphatic hydroxyl groups excluding tert-OH is 1. The maximum atomic E-state index is 11.2. The van der Waals surface area contributed by atoms with Gasteiger partial charge in [0.15, 0.2) is 0 Å². The summed E-state index contributed by atoms with van der Waals surface area (Å²) in [5, 5.41) is 20.0. The normalized spacial score (nSPS) is 18.4. The molecule has 0 aliphatic carbocycles. The summed E-state index contributed by atoms with van der Waals surface area (Å²) >= 11 is 0. The van der Waals surface area contributed by atoms with Crippen LogP contribution in [-0.4, -0.2) is 22.3 Å². The summed E-state index contributed by atoms with van der Waals surface area (Å²) in [4.78, 5) is 11.2. The van der Waals surface area contributed by atoms with E-state index in [1.54, 1.807) is 0 Å². The van der Waals surface area contributed by atoms with Gasteiger partial charge in [-0.05, 0) is 92.8 Å². The second-order valence-electron chi connectivity index (χ2n) is 16.1. The van der Waals surface area contributed by atoms with Gasteiger partial charge in [0.05, 0.1) is 12.0 Å². The van der Waals surface area contributed by atoms with Gasteiger partial charge in [0.1, 0.15) is 0 Å². The number of carboxylic acid groups (broad SMARTS) is 1. The molecule has 0 heterocycles. The Balaban J connectivity index is 3.99. The molecule has 3 heteroatoms. The molecule has 258 valence electrons. The molecular weight excluding hydrogens is 528 g/mol. The van der Waals surface area contributed by atoms with Crippen LogP contribution in [0.4, 0.5) is 0 Å². The van der Waals surface area contributed by atoms with Crippen LogP contribution in [0.25, 0.3) is 0 Å². The zero-order valence-electron chi connectivity index (χ0n) is 30.8. The number of carbonyl (C=O) groups is 1. The maximum Gasteiger partial charge on any atom is 0.306 e. The van der Waals surface area contributed by atoms with Crippen LogP contribution in [0.5, 0.6) is 0 Å². The number of rotatable bonds is 30. The van der Waals surface area contributed by atoms with Gasteiger partial charge >= 0.3 is 5.97 Å². The maximum absolute atomic E-state index is 11.2. The van der Waals surface area contributed by atoms with E-state index in [4.69, 9.17) is 0 Å². The molecule has 2 N–H and O–H groups in total. The summed E-state index contributed by atoms with van der Waals surface area (Å²) in [5.74, 6) is 3.50. The molecule has 43 heavy (non-hydrogen) atoms. The first-order valence-electron chi connectivity index (χ1n) is 19.3. The first-order chi connectivity index (χ1) is 20.3. The Morgan fingerprint density at radius 1 is 0.465 bits per heavy atom. The zero-order chi connectivity index (χ0) is 32.6. The third-order valence-corrected chi connectivity index (χ3v) is 10.2. The van der Waals surface area contributed by atoms with Crippen LogP contribution >= 0.6 is 0 Å². The minimum absolute atomic E-state index is 0.137.